The molecule has 3 rings (SSSR count). The Kier molecular flexibility index (Phi) is 2.26. The Balaban J connectivity index is 2.05. The minimum atomic E-state index is -0.257. The molecule has 0 aromatic heterocycles. The van der Waals surface area contributed by atoms with Gasteiger partial charge in [0.15, 0.2) is 11.5 Å². The molecule has 0 radical (unpaired) electrons. The molecule has 1 heterocycles. The molecule has 1 saturated carbocycles. The lowest BCUT2D eigenvalue weighted by atomic mass is 9.72. The number of benzene rings is 1. The molecule has 0 spiro atoms. The molecule has 0 unspecified atom stereocenters. The van der Waals surface area contributed by atoms with E-state index in [0.29, 0.717) is 18.2 Å². The van der Waals surface area contributed by atoms with E-state index in [1.807, 2.05) is 12.1 Å². The second-order valence-corrected chi connectivity index (χ2v) is 4.89. The SMILES string of the molecule is NC1(c2cc3c(cc2Cl)OCCO3)CCC1. The van der Waals surface area contributed by atoms with Crippen molar-refractivity contribution in [2.45, 2.75) is 24.8 Å². The van der Waals surface area contributed by atoms with E-state index < -0.39 is 0 Å². The van der Waals surface area contributed by atoms with Gasteiger partial charge in [-0.15, -0.1) is 0 Å². The van der Waals surface area contributed by atoms with Crippen LogP contribution in [0.3, 0.4) is 0 Å². The van der Waals surface area contributed by atoms with E-state index in [-0.39, 0.29) is 5.54 Å². The van der Waals surface area contributed by atoms with Gasteiger partial charge in [0.25, 0.3) is 0 Å². The molecule has 0 atom stereocenters. The normalized spacial score (nSPS) is 21.4. The van der Waals surface area contributed by atoms with Crippen LogP contribution in [-0.4, -0.2) is 13.2 Å². The first-order valence-electron chi connectivity index (χ1n) is 5.58. The fraction of sp³-hybridized carbons (Fsp3) is 0.500. The Labute approximate surface area is 99.5 Å². The molecule has 2 N–H and O–H groups in total. The van der Waals surface area contributed by atoms with Crippen LogP contribution >= 0.6 is 11.6 Å². The molecular formula is C12H14ClNO2. The van der Waals surface area contributed by atoms with E-state index in [0.717, 1.165) is 29.9 Å². The van der Waals surface area contributed by atoms with Crippen molar-refractivity contribution < 1.29 is 9.47 Å². The maximum atomic E-state index is 6.28. The molecule has 1 aliphatic carbocycles. The Bertz CT molecular complexity index is 429. The summed E-state index contributed by atoms with van der Waals surface area (Å²) in [6.45, 7) is 1.17. The maximum Gasteiger partial charge on any atom is 0.162 e. The zero-order valence-corrected chi connectivity index (χ0v) is 9.72. The Morgan fingerprint density at radius 2 is 1.75 bits per heavy atom. The van der Waals surface area contributed by atoms with Gasteiger partial charge in [0.05, 0.1) is 0 Å². The first-order chi connectivity index (χ1) is 7.69. The first-order valence-corrected chi connectivity index (χ1v) is 5.95. The van der Waals surface area contributed by atoms with Crippen molar-refractivity contribution in [2.24, 2.45) is 5.73 Å². The lowest BCUT2D eigenvalue weighted by molar-refractivity contribution is 0.170. The van der Waals surface area contributed by atoms with Crippen molar-refractivity contribution in [1.29, 1.82) is 0 Å². The smallest absolute Gasteiger partial charge is 0.162 e. The average molecular weight is 240 g/mol. The molecule has 1 fully saturated rings. The molecule has 1 aliphatic heterocycles. The van der Waals surface area contributed by atoms with Gasteiger partial charge in [0, 0.05) is 16.6 Å². The summed E-state index contributed by atoms with van der Waals surface area (Å²) in [5, 5.41) is 0.687. The summed E-state index contributed by atoms with van der Waals surface area (Å²) in [6, 6.07) is 3.76. The predicted octanol–water partition coefficient (Wildman–Crippen LogP) is 2.45. The van der Waals surface area contributed by atoms with Crippen molar-refractivity contribution in [3.05, 3.63) is 22.7 Å². The monoisotopic (exact) mass is 239 g/mol. The summed E-state index contributed by atoms with van der Waals surface area (Å²) in [4.78, 5) is 0. The number of hydrogen-bond acceptors (Lipinski definition) is 3. The van der Waals surface area contributed by atoms with Gasteiger partial charge in [-0.1, -0.05) is 11.6 Å². The van der Waals surface area contributed by atoms with Gasteiger partial charge < -0.3 is 15.2 Å². The average Bonchev–Trinajstić information content (AvgIpc) is 2.25. The molecule has 86 valence electrons. The van der Waals surface area contributed by atoms with E-state index >= 15 is 0 Å². The predicted molar refractivity (Wildman–Crippen MR) is 62.2 cm³/mol. The van der Waals surface area contributed by atoms with Crippen LogP contribution in [0.4, 0.5) is 0 Å². The summed E-state index contributed by atoms with van der Waals surface area (Å²) >= 11 is 6.24. The minimum absolute atomic E-state index is 0.257. The van der Waals surface area contributed by atoms with Crippen molar-refractivity contribution in [2.75, 3.05) is 13.2 Å². The van der Waals surface area contributed by atoms with E-state index in [2.05, 4.69) is 0 Å². The topological polar surface area (TPSA) is 44.5 Å². The van der Waals surface area contributed by atoms with E-state index in [1.54, 1.807) is 0 Å². The summed E-state index contributed by atoms with van der Waals surface area (Å²) in [5.74, 6) is 1.49. The second kappa shape index (κ2) is 3.54. The summed E-state index contributed by atoms with van der Waals surface area (Å²) in [6.07, 6.45) is 3.15. The zero-order chi connectivity index (χ0) is 11.2. The minimum Gasteiger partial charge on any atom is -0.486 e. The molecule has 0 saturated heterocycles. The molecule has 2 aliphatic rings. The van der Waals surface area contributed by atoms with E-state index in [9.17, 15) is 0 Å². The third-order valence-corrected chi connectivity index (χ3v) is 3.73. The number of hydrogen-bond donors (Lipinski definition) is 1. The lowest BCUT2D eigenvalue weighted by Gasteiger charge is -2.39. The number of ether oxygens (including phenoxy) is 2. The molecule has 0 amide bonds. The number of fused-ring (bicyclic) bond motifs is 1. The fourth-order valence-corrected chi connectivity index (χ4v) is 2.61. The molecule has 1 aromatic rings. The third kappa shape index (κ3) is 1.46. The largest absolute Gasteiger partial charge is 0.486 e. The quantitative estimate of drug-likeness (QED) is 0.819. The standard InChI is InChI=1S/C12H14ClNO2/c13-9-7-11-10(15-4-5-16-11)6-8(9)12(14)2-1-3-12/h6-7H,1-5,14H2. The number of halogens is 1. The van der Waals surface area contributed by atoms with Crippen LogP contribution < -0.4 is 15.2 Å². The summed E-state index contributed by atoms with van der Waals surface area (Å²) in [5.41, 5.74) is 7.01. The van der Waals surface area contributed by atoms with Gasteiger partial charge in [-0.2, -0.15) is 0 Å². The van der Waals surface area contributed by atoms with Crippen LogP contribution in [-0.2, 0) is 5.54 Å². The van der Waals surface area contributed by atoms with Crippen LogP contribution in [0.5, 0.6) is 11.5 Å². The molecule has 0 bridgehead atoms. The highest BCUT2D eigenvalue weighted by Crippen LogP contribution is 2.45. The van der Waals surface area contributed by atoms with Crippen LogP contribution in [0, 0.1) is 0 Å². The van der Waals surface area contributed by atoms with E-state index in [4.69, 9.17) is 26.8 Å². The summed E-state index contributed by atoms with van der Waals surface area (Å²) in [7, 11) is 0. The van der Waals surface area contributed by atoms with Gasteiger partial charge >= 0.3 is 0 Å². The van der Waals surface area contributed by atoms with Gasteiger partial charge in [-0.25, -0.2) is 0 Å². The van der Waals surface area contributed by atoms with Gasteiger partial charge in [-0.05, 0) is 30.9 Å². The van der Waals surface area contributed by atoms with Gasteiger partial charge in [0.2, 0.25) is 0 Å². The van der Waals surface area contributed by atoms with Crippen molar-refractivity contribution in [3.8, 4) is 11.5 Å². The highest BCUT2D eigenvalue weighted by molar-refractivity contribution is 6.31. The van der Waals surface area contributed by atoms with Crippen molar-refractivity contribution in [1.82, 2.24) is 0 Å². The lowest BCUT2D eigenvalue weighted by Crippen LogP contribution is -2.43. The molecule has 3 nitrogen and oxygen atoms in total. The van der Waals surface area contributed by atoms with Crippen LogP contribution in [0.25, 0.3) is 0 Å². The van der Waals surface area contributed by atoms with Crippen LogP contribution in [0.15, 0.2) is 12.1 Å². The van der Waals surface area contributed by atoms with E-state index in [1.165, 1.54) is 6.42 Å². The maximum absolute atomic E-state index is 6.28. The van der Waals surface area contributed by atoms with Gasteiger partial charge in [-0.3, -0.25) is 0 Å². The highest BCUT2D eigenvalue weighted by Gasteiger charge is 2.37. The number of nitrogens with two attached hydrogens (primary N) is 1. The molecular weight excluding hydrogens is 226 g/mol. The second-order valence-electron chi connectivity index (χ2n) is 4.49. The van der Waals surface area contributed by atoms with Crippen LogP contribution in [0.2, 0.25) is 5.02 Å². The molecule has 16 heavy (non-hydrogen) atoms. The Morgan fingerprint density at radius 3 is 2.31 bits per heavy atom. The highest BCUT2D eigenvalue weighted by atomic mass is 35.5. The van der Waals surface area contributed by atoms with Crippen molar-refractivity contribution in [3.63, 3.8) is 0 Å². The van der Waals surface area contributed by atoms with Crippen molar-refractivity contribution >= 4 is 11.6 Å². The number of rotatable bonds is 1. The Hall–Kier alpha value is -0.930. The Morgan fingerprint density at radius 1 is 1.12 bits per heavy atom. The molecule has 4 heteroatoms. The zero-order valence-electron chi connectivity index (χ0n) is 8.96. The fourth-order valence-electron chi connectivity index (χ4n) is 2.27. The first kappa shape index (κ1) is 10.2. The molecule has 1 aromatic carbocycles. The summed E-state index contributed by atoms with van der Waals surface area (Å²) < 4.78 is 11.0. The van der Waals surface area contributed by atoms with Crippen LogP contribution in [0.1, 0.15) is 24.8 Å². The third-order valence-electron chi connectivity index (χ3n) is 3.41. The van der Waals surface area contributed by atoms with Gasteiger partial charge in [0.1, 0.15) is 13.2 Å².